The highest BCUT2D eigenvalue weighted by molar-refractivity contribution is 4.76. The van der Waals surface area contributed by atoms with Gasteiger partial charge < -0.3 is 12.4 Å². The van der Waals surface area contributed by atoms with E-state index in [1.165, 1.54) is 63.6 Å². The van der Waals surface area contributed by atoms with Crippen LogP contribution in [0.25, 0.3) is 0 Å². The van der Waals surface area contributed by atoms with Crippen molar-refractivity contribution < 1.29 is 17.0 Å². The number of rotatable bonds is 9. The SMILES string of the molecule is CCCCCCCCCCc1[nH]cc[n+]1C.[Cl-]. The molecule has 17 heavy (non-hydrogen) atoms. The minimum Gasteiger partial charge on any atom is -1.00 e. The summed E-state index contributed by atoms with van der Waals surface area (Å²) in [7, 11) is 2.11. The molecule has 0 amide bonds. The van der Waals surface area contributed by atoms with Crippen LogP contribution in [0.3, 0.4) is 0 Å². The molecule has 0 aliphatic heterocycles. The van der Waals surface area contributed by atoms with Crippen molar-refractivity contribution >= 4 is 0 Å². The molecule has 0 aliphatic carbocycles. The monoisotopic (exact) mass is 258 g/mol. The molecule has 100 valence electrons. The lowest BCUT2D eigenvalue weighted by molar-refractivity contribution is -0.677. The van der Waals surface area contributed by atoms with Crippen LogP contribution in [0.5, 0.6) is 0 Å². The number of hydrogen-bond donors (Lipinski definition) is 1. The standard InChI is InChI=1S/C14H26N2.ClH/c1-3-4-5-6-7-8-9-10-11-14-15-12-13-16(14)2;/h12-13H,3-11H2,1-2H3;1H. The van der Waals surface area contributed by atoms with E-state index in [-0.39, 0.29) is 12.4 Å². The molecule has 1 aromatic rings. The second-order valence-electron chi connectivity index (χ2n) is 4.74. The van der Waals surface area contributed by atoms with Gasteiger partial charge in [0.25, 0.3) is 5.82 Å². The summed E-state index contributed by atoms with van der Waals surface area (Å²) in [6.07, 6.45) is 16.5. The van der Waals surface area contributed by atoms with Gasteiger partial charge in [-0.2, -0.15) is 0 Å². The lowest BCUT2D eigenvalue weighted by Gasteiger charge is -2.00. The zero-order chi connectivity index (χ0) is 11.6. The zero-order valence-corrected chi connectivity index (χ0v) is 12.1. The van der Waals surface area contributed by atoms with Crippen LogP contribution in [0.2, 0.25) is 0 Å². The van der Waals surface area contributed by atoms with Gasteiger partial charge in [0.2, 0.25) is 0 Å². The van der Waals surface area contributed by atoms with Crippen molar-refractivity contribution in [2.45, 2.75) is 64.7 Å². The van der Waals surface area contributed by atoms with Crippen LogP contribution in [-0.2, 0) is 13.5 Å². The number of halogens is 1. The summed E-state index contributed by atoms with van der Waals surface area (Å²) in [6.45, 7) is 2.27. The van der Waals surface area contributed by atoms with Crippen LogP contribution in [0.4, 0.5) is 0 Å². The van der Waals surface area contributed by atoms with Gasteiger partial charge in [-0.25, -0.2) is 9.55 Å². The van der Waals surface area contributed by atoms with Gasteiger partial charge in [-0.1, -0.05) is 51.9 Å². The number of unbranched alkanes of at least 4 members (excludes halogenated alkanes) is 7. The molecule has 2 nitrogen and oxygen atoms in total. The van der Waals surface area contributed by atoms with E-state index in [2.05, 4.69) is 29.7 Å². The summed E-state index contributed by atoms with van der Waals surface area (Å²) in [6, 6.07) is 0. The van der Waals surface area contributed by atoms with Crippen molar-refractivity contribution in [1.82, 2.24) is 4.98 Å². The summed E-state index contributed by atoms with van der Waals surface area (Å²) in [4.78, 5) is 3.29. The lowest BCUT2D eigenvalue weighted by atomic mass is 10.1. The van der Waals surface area contributed by atoms with E-state index in [9.17, 15) is 0 Å². The summed E-state index contributed by atoms with van der Waals surface area (Å²) in [5.41, 5.74) is 0. The fraction of sp³-hybridized carbons (Fsp3) is 0.786. The first-order chi connectivity index (χ1) is 7.84. The van der Waals surface area contributed by atoms with Crippen molar-refractivity contribution in [3.63, 3.8) is 0 Å². The number of aromatic amines is 1. The highest BCUT2D eigenvalue weighted by atomic mass is 35.5. The van der Waals surface area contributed by atoms with Crippen molar-refractivity contribution in [1.29, 1.82) is 0 Å². The van der Waals surface area contributed by atoms with Crippen LogP contribution < -0.4 is 17.0 Å². The fourth-order valence-electron chi connectivity index (χ4n) is 2.11. The average molecular weight is 259 g/mol. The number of aryl methyl sites for hydroxylation is 2. The Labute approximate surface area is 112 Å². The highest BCUT2D eigenvalue weighted by Gasteiger charge is 2.04. The van der Waals surface area contributed by atoms with E-state index in [0.717, 1.165) is 0 Å². The van der Waals surface area contributed by atoms with Crippen LogP contribution in [0.1, 0.15) is 64.1 Å². The van der Waals surface area contributed by atoms with E-state index in [4.69, 9.17) is 0 Å². The van der Waals surface area contributed by atoms with E-state index in [1.807, 2.05) is 6.20 Å². The molecule has 0 bridgehead atoms. The van der Waals surface area contributed by atoms with E-state index in [0.29, 0.717) is 0 Å². The third kappa shape index (κ3) is 7.43. The van der Waals surface area contributed by atoms with Gasteiger partial charge in [0.1, 0.15) is 12.4 Å². The first kappa shape index (κ1) is 16.5. The molecule has 1 rings (SSSR count). The Morgan fingerprint density at radius 3 is 2.12 bits per heavy atom. The van der Waals surface area contributed by atoms with Gasteiger partial charge >= 0.3 is 0 Å². The number of imidazole rings is 1. The van der Waals surface area contributed by atoms with Gasteiger partial charge in [-0.05, 0) is 6.42 Å². The average Bonchev–Trinajstić information content (AvgIpc) is 2.68. The van der Waals surface area contributed by atoms with Crippen LogP contribution >= 0.6 is 0 Å². The summed E-state index contributed by atoms with van der Waals surface area (Å²) < 4.78 is 2.18. The van der Waals surface area contributed by atoms with Gasteiger partial charge in [0, 0.05) is 6.42 Å². The molecule has 0 saturated carbocycles. The molecular formula is C14H27ClN2. The molecule has 0 saturated heterocycles. The topological polar surface area (TPSA) is 19.7 Å². The molecule has 3 heteroatoms. The zero-order valence-electron chi connectivity index (χ0n) is 11.3. The minimum absolute atomic E-state index is 0. The van der Waals surface area contributed by atoms with Crippen molar-refractivity contribution in [2.75, 3.05) is 0 Å². The van der Waals surface area contributed by atoms with Crippen LogP contribution in [0.15, 0.2) is 12.4 Å². The smallest absolute Gasteiger partial charge is 0.253 e. The predicted molar refractivity (Wildman–Crippen MR) is 68.3 cm³/mol. The first-order valence-corrected chi connectivity index (χ1v) is 6.86. The molecule has 0 fully saturated rings. The Hall–Kier alpha value is -0.500. The van der Waals surface area contributed by atoms with E-state index in [1.54, 1.807) is 0 Å². The molecular weight excluding hydrogens is 232 g/mol. The summed E-state index contributed by atoms with van der Waals surface area (Å²) >= 11 is 0. The summed E-state index contributed by atoms with van der Waals surface area (Å²) in [5, 5.41) is 0. The Balaban J connectivity index is 0.00000256. The maximum atomic E-state index is 3.29. The van der Waals surface area contributed by atoms with Gasteiger partial charge in [-0.15, -0.1) is 0 Å². The van der Waals surface area contributed by atoms with Gasteiger partial charge in [-0.3, -0.25) is 0 Å². The fourth-order valence-corrected chi connectivity index (χ4v) is 2.11. The molecule has 0 spiro atoms. The Morgan fingerprint density at radius 2 is 1.59 bits per heavy atom. The van der Waals surface area contributed by atoms with E-state index < -0.39 is 0 Å². The van der Waals surface area contributed by atoms with Crippen molar-refractivity contribution in [3.05, 3.63) is 18.2 Å². The molecule has 0 unspecified atom stereocenters. The molecule has 0 aromatic carbocycles. The second kappa shape index (κ2) is 10.6. The number of hydrogen-bond acceptors (Lipinski definition) is 0. The molecule has 0 radical (unpaired) electrons. The molecule has 0 atom stereocenters. The number of nitrogens with zero attached hydrogens (tertiary/aromatic N) is 1. The predicted octanol–water partition coefficient (Wildman–Crippen LogP) is 0.526. The number of H-pyrrole nitrogens is 1. The first-order valence-electron chi connectivity index (χ1n) is 6.86. The highest BCUT2D eigenvalue weighted by Crippen LogP contribution is 2.09. The van der Waals surface area contributed by atoms with Crippen LogP contribution in [0, 0.1) is 0 Å². The third-order valence-corrected chi connectivity index (χ3v) is 3.24. The number of aromatic nitrogens is 2. The number of nitrogens with one attached hydrogen (secondary N) is 1. The Bertz CT molecular complexity index is 271. The minimum atomic E-state index is 0. The quantitative estimate of drug-likeness (QED) is 0.493. The normalized spacial score (nSPS) is 10.2. The molecule has 1 N–H and O–H groups in total. The maximum absolute atomic E-state index is 3.29. The van der Waals surface area contributed by atoms with Crippen molar-refractivity contribution in [3.8, 4) is 0 Å². The Morgan fingerprint density at radius 1 is 1.00 bits per heavy atom. The summed E-state index contributed by atoms with van der Waals surface area (Å²) in [5.74, 6) is 1.35. The van der Waals surface area contributed by atoms with Crippen LogP contribution in [-0.4, -0.2) is 4.98 Å². The molecule has 1 aromatic heterocycles. The van der Waals surface area contributed by atoms with Gasteiger partial charge in [0.05, 0.1) is 7.05 Å². The third-order valence-electron chi connectivity index (χ3n) is 3.24. The van der Waals surface area contributed by atoms with E-state index >= 15 is 0 Å². The van der Waals surface area contributed by atoms with Gasteiger partial charge in [0.15, 0.2) is 0 Å². The van der Waals surface area contributed by atoms with Crippen molar-refractivity contribution in [2.24, 2.45) is 7.05 Å². The molecule has 1 heterocycles. The maximum Gasteiger partial charge on any atom is 0.253 e. The molecule has 0 aliphatic rings. The Kier molecular flexibility index (Phi) is 10.3. The largest absolute Gasteiger partial charge is 1.00 e. The second-order valence-corrected chi connectivity index (χ2v) is 4.74. The lowest BCUT2D eigenvalue weighted by Crippen LogP contribution is -3.00.